The van der Waals surface area contributed by atoms with Crippen molar-refractivity contribution < 1.29 is 14.2 Å². The minimum absolute atomic E-state index is 0.163. The first-order valence-electron chi connectivity index (χ1n) is 7.16. The smallest absolute Gasteiger partial charge is 0.167 e. The van der Waals surface area contributed by atoms with Gasteiger partial charge in [-0.05, 0) is 24.7 Å². The first-order chi connectivity index (χ1) is 10.6. The van der Waals surface area contributed by atoms with Crippen molar-refractivity contribution in [1.29, 1.82) is 0 Å². The Bertz CT molecular complexity index is 417. The maximum Gasteiger partial charge on any atom is 0.167 e. The molecule has 0 aromatic heterocycles. The summed E-state index contributed by atoms with van der Waals surface area (Å²) in [5.41, 5.74) is -0.711. The Morgan fingerprint density at radius 2 is 1.61 bits per heavy atom. The highest BCUT2D eigenvalue weighted by Crippen LogP contribution is 2.66. The third-order valence-electron chi connectivity index (χ3n) is 4.45. The molecule has 0 heterocycles. The molecule has 2 aliphatic carbocycles. The van der Waals surface area contributed by atoms with Crippen LogP contribution in [0, 0.1) is 17.8 Å². The number of hydrogen-bond donors (Lipinski definition) is 0. The van der Waals surface area contributed by atoms with Crippen LogP contribution in [0.15, 0.2) is 12.2 Å². The summed E-state index contributed by atoms with van der Waals surface area (Å²) in [5.74, 6) is 1.37. The molecule has 0 spiro atoms. The molecule has 2 rings (SSSR count). The first-order valence-corrected chi connectivity index (χ1v) is 11.9. The fraction of sp³-hybridized carbons (Fsp3) is 0.857. The molecule has 2 bridgehead atoms. The fourth-order valence-electron chi connectivity index (χ4n) is 3.44. The van der Waals surface area contributed by atoms with Gasteiger partial charge in [0.1, 0.15) is 12.4 Å². The first kappa shape index (κ1) is 21.8. The van der Waals surface area contributed by atoms with Crippen LogP contribution in [0.4, 0.5) is 0 Å². The van der Waals surface area contributed by atoms with E-state index < -0.39 is 9.89 Å². The molecule has 1 saturated carbocycles. The topological polar surface area (TPSA) is 27.7 Å². The van der Waals surface area contributed by atoms with E-state index in [4.69, 9.17) is 14.2 Å². The number of halogens is 6. The summed E-state index contributed by atoms with van der Waals surface area (Å²) in [6.45, 7) is 1.19. The average molecular weight is 714 g/mol. The molecule has 2 aliphatic rings. The summed E-state index contributed by atoms with van der Waals surface area (Å²) < 4.78 is 15.6. The summed E-state index contributed by atoms with van der Waals surface area (Å²) >= 11 is 22.3. The molecule has 3 atom stereocenters. The second-order valence-corrected chi connectivity index (χ2v) is 19.3. The van der Waals surface area contributed by atoms with E-state index in [-0.39, 0.29) is 12.7 Å². The Kier molecular flexibility index (Phi) is 8.22. The van der Waals surface area contributed by atoms with Crippen molar-refractivity contribution in [3.63, 3.8) is 0 Å². The van der Waals surface area contributed by atoms with Crippen molar-refractivity contribution in [2.75, 3.05) is 27.1 Å². The molecule has 3 unspecified atom stereocenters. The van der Waals surface area contributed by atoms with E-state index in [1.165, 1.54) is 6.42 Å². The Balaban J connectivity index is 2.23. The zero-order valence-corrected chi connectivity index (χ0v) is 21.9. The van der Waals surface area contributed by atoms with E-state index in [9.17, 15) is 0 Å². The molecule has 134 valence electrons. The molecular formula is C14H18Br6O3. The van der Waals surface area contributed by atoms with Crippen LogP contribution in [0.1, 0.15) is 12.8 Å². The molecule has 0 aromatic rings. The molecule has 0 aromatic carbocycles. The normalized spacial score (nSPS) is 27.9. The highest BCUT2D eigenvalue weighted by Gasteiger charge is 2.67. The maximum atomic E-state index is 6.35. The van der Waals surface area contributed by atoms with Crippen molar-refractivity contribution in [2.24, 2.45) is 17.8 Å². The van der Waals surface area contributed by atoms with Crippen LogP contribution in [-0.4, -0.2) is 37.0 Å². The Labute approximate surface area is 187 Å². The van der Waals surface area contributed by atoms with E-state index in [0.29, 0.717) is 25.0 Å². The lowest BCUT2D eigenvalue weighted by molar-refractivity contribution is -0.161. The summed E-state index contributed by atoms with van der Waals surface area (Å²) in [4.78, 5) is 0. The maximum absolute atomic E-state index is 6.35. The van der Waals surface area contributed by atoms with E-state index in [2.05, 4.69) is 108 Å². The lowest BCUT2D eigenvalue weighted by Crippen LogP contribution is -2.60. The lowest BCUT2D eigenvalue weighted by Gasteiger charge is -2.51. The number of ether oxygens (including phenoxy) is 3. The van der Waals surface area contributed by atoms with Crippen LogP contribution in [0.25, 0.3) is 0 Å². The largest absolute Gasteiger partial charge is 0.382 e. The quantitative estimate of drug-likeness (QED) is 0.135. The molecule has 0 saturated heterocycles. The molecular weight excluding hydrogens is 696 g/mol. The van der Waals surface area contributed by atoms with Gasteiger partial charge in [-0.3, -0.25) is 0 Å². The van der Waals surface area contributed by atoms with Gasteiger partial charge in [-0.1, -0.05) is 108 Å². The van der Waals surface area contributed by atoms with Crippen molar-refractivity contribution in [2.45, 2.75) is 22.7 Å². The number of allylic oxidation sites excluding steroid dienone is 2. The van der Waals surface area contributed by atoms with E-state index in [0.717, 1.165) is 6.42 Å². The molecule has 0 amide bonds. The van der Waals surface area contributed by atoms with Crippen molar-refractivity contribution in [3.8, 4) is 0 Å². The summed E-state index contributed by atoms with van der Waals surface area (Å²) in [6, 6.07) is 0. The standard InChI is InChI=1S/C14H18Br6O3/c1-21-4-5-22-8-23-12(13(15,16)17,14(18,19)20)11-7-9-2-3-10(11)6-9/h2-3,9-11H,4-8H2,1H3. The van der Waals surface area contributed by atoms with Crippen molar-refractivity contribution in [1.82, 2.24) is 0 Å². The van der Waals surface area contributed by atoms with Gasteiger partial charge in [-0.2, -0.15) is 0 Å². The van der Waals surface area contributed by atoms with Gasteiger partial charge in [0, 0.05) is 13.0 Å². The van der Waals surface area contributed by atoms with Crippen LogP contribution in [0.3, 0.4) is 0 Å². The molecule has 23 heavy (non-hydrogen) atoms. The Hall–Kier alpha value is 2.50. The van der Waals surface area contributed by atoms with Crippen LogP contribution >= 0.6 is 95.6 Å². The predicted molar refractivity (Wildman–Crippen MR) is 114 cm³/mol. The number of alkyl halides is 6. The van der Waals surface area contributed by atoms with Gasteiger partial charge in [0.05, 0.1) is 13.2 Å². The molecule has 0 aliphatic heterocycles. The molecule has 0 radical (unpaired) electrons. The number of rotatable bonds is 7. The van der Waals surface area contributed by atoms with Gasteiger partial charge in [0.15, 0.2) is 4.29 Å². The van der Waals surface area contributed by atoms with Gasteiger partial charge in [0.2, 0.25) is 0 Å². The van der Waals surface area contributed by atoms with Gasteiger partial charge < -0.3 is 14.2 Å². The van der Waals surface area contributed by atoms with Crippen molar-refractivity contribution >= 4 is 95.6 Å². The van der Waals surface area contributed by atoms with Crippen molar-refractivity contribution in [3.05, 3.63) is 12.2 Å². The number of methoxy groups -OCH3 is 1. The Morgan fingerprint density at radius 1 is 0.957 bits per heavy atom. The van der Waals surface area contributed by atoms with E-state index in [1.807, 2.05) is 0 Å². The molecule has 1 fully saturated rings. The Morgan fingerprint density at radius 3 is 2.04 bits per heavy atom. The monoisotopic (exact) mass is 708 g/mol. The van der Waals surface area contributed by atoms with Crippen LogP contribution < -0.4 is 0 Å². The second-order valence-electron chi connectivity index (χ2n) is 5.78. The van der Waals surface area contributed by atoms with Crippen LogP contribution in [0.2, 0.25) is 0 Å². The summed E-state index contributed by atoms with van der Waals surface area (Å²) in [7, 11) is 1.65. The third kappa shape index (κ3) is 4.68. The fourth-order valence-corrected chi connectivity index (χ4v) is 10.1. The number of hydrogen-bond acceptors (Lipinski definition) is 3. The minimum Gasteiger partial charge on any atom is -0.382 e. The summed E-state index contributed by atoms with van der Waals surface area (Å²) in [6.07, 6.45) is 6.86. The van der Waals surface area contributed by atoms with Gasteiger partial charge >= 0.3 is 0 Å². The van der Waals surface area contributed by atoms with Crippen LogP contribution in [0.5, 0.6) is 0 Å². The second kappa shape index (κ2) is 8.67. The zero-order valence-electron chi connectivity index (χ0n) is 12.4. The molecule has 9 heteroatoms. The summed E-state index contributed by atoms with van der Waals surface area (Å²) in [5, 5.41) is 0. The molecule has 3 nitrogen and oxygen atoms in total. The third-order valence-corrected chi connectivity index (χ3v) is 7.98. The SMILES string of the molecule is COCCOCOC(C1CC2C=CC1C2)(C(Br)(Br)Br)C(Br)(Br)Br. The molecule has 0 N–H and O–H groups in total. The highest BCUT2D eigenvalue weighted by molar-refractivity contribution is 9.41. The van der Waals surface area contributed by atoms with E-state index >= 15 is 0 Å². The lowest BCUT2D eigenvalue weighted by atomic mass is 9.80. The van der Waals surface area contributed by atoms with Gasteiger partial charge in [-0.25, -0.2) is 0 Å². The highest BCUT2D eigenvalue weighted by atomic mass is 80.0. The minimum atomic E-state index is -0.711. The van der Waals surface area contributed by atoms with E-state index in [1.54, 1.807) is 7.11 Å². The average Bonchev–Trinajstić information content (AvgIpc) is 3.02. The predicted octanol–water partition coefficient (Wildman–Crippen LogP) is 6.25. The number of fused-ring (bicyclic) bond motifs is 2. The van der Waals surface area contributed by atoms with Gasteiger partial charge in [0.25, 0.3) is 0 Å². The zero-order chi connectivity index (χ0) is 17.3. The van der Waals surface area contributed by atoms with Gasteiger partial charge in [-0.15, -0.1) is 0 Å². The van der Waals surface area contributed by atoms with Crippen LogP contribution in [-0.2, 0) is 14.2 Å².